The molecule has 1 aliphatic heterocycles. The van der Waals surface area contributed by atoms with Crippen LogP contribution in [0.3, 0.4) is 0 Å². The summed E-state index contributed by atoms with van der Waals surface area (Å²) >= 11 is 0. The van der Waals surface area contributed by atoms with Gasteiger partial charge >= 0.3 is 0 Å². The Morgan fingerprint density at radius 2 is 2.33 bits per heavy atom. The molecule has 1 rings (SSSR count). The third kappa shape index (κ3) is 2.50. The van der Waals surface area contributed by atoms with Gasteiger partial charge in [-0.3, -0.25) is 0 Å². The molecule has 1 atom stereocenters. The van der Waals surface area contributed by atoms with Gasteiger partial charge in [-0.2, -0.15) is 5.10 Å². The van der Waals surface area contributed by atoms with Crippen LogP contribution < -0.4 is 5.43 Å². The molecule has 70 valence electrons. The van der Waals surface area contributed by atoms with Crippen LogP contribution in [0.4, 0.5) is 0 Å². The maximum absolute atomic E-state index is 4.32. The van der Waals surface area contributed by atoms with Crippen LogP contribution in [0.2, 0.25) is 0 Å². The standard InChI is InChI=1S/C10H20N2/c1-4-5-10-6-9(8(2)3)7-11-12-10/h8-9,11H,4-7H2,1-3H3/t9-/m1/s1. The second kappa shape index (κ2) is 4.48. The predicted octanol–water partition coefficient (Wildman–Crippen LogP) is 2.41. The fourth-order valence-electron chi connectivity index (χ4n) is 1.61. The van der Waals surface area contributed by atoms with E-state index in [0.717, 1.165) is 24.8 Å². The maximum atomic E-state index is 4.32. The highest BCUT2D eigenvalue weighted by Gasteiger charge is 2.18. The summed E-state index contributed by atoms with van der Waals surface area (Å²) in [5.74, 6) is 1.57. The molecule has 0 aliphatic carbocycles. The van der Waals surface area contributed by atoms with Crippen LogP contribution in [0, 0.1) is 11.8 Å². The molecule has 0 spiro atoms. The summed E-state index contributed by atoms with van der Waals surface area (Å²) in [5.41, 5.74) is 4.50. The van der Waals surface area contributed by atoms with Gasteiger partial charge in [0.25, 0.3) is 0 Å². The van der Waals surface area contributed by atoms with E-state index in [4.69, 9.17) is 0 Å². The zero-order valence-corrected chi connectivity index (χ0v) is 8.43. The van der Waals surface area contributed by atoms with Crippen molar-refractivity contribution < 1.29 is 0 Å². The Kier molecular flexibility index (Phi) is 3.57. The largest absolute Gasteiger partial charge is 0.310 e. The molecule has 2 nitrogen and oxygen atoms in total. The normalized spacial score (nSPS) is 23.7. The molecule has 2 heteroatoms. The number of rotatable bonds is 3. The van der Waals surface area contributed by atoms with E-state index < -0.39 is 0 Å². The molecule has 1 aliphatic rings. The van der Waals surface area contributed by atoms with Crippen molar-refractivity contribution >= 4 is 5.71 Å². The van der Waals surface area contributed by atoms with Crippen LogP contribution in [0.15, 0.2) is 5.10 Å². The first-order valence-corrected chi connectivity index (χ1v) is 5.02. The summed E-state index contributed by atoms with van der Waals surface area (Å²) < 4.78 is 0. The fraction of sp³-hybridized carbons (Fsp3) is 0.900. The topological polar surface area (TPSA) is 24.4 Å². The van der Waals surface area contributed by atoms with Crippen LogP contribution in [0.1, 0.15) is 40.0 Å². The lowest BCUT2D eigenvalue weighted by atomic mass is 9.88. The summed E-state index contributed by atoms with van der Waals surface area (Å²) in [7, 11) is 0. The van der Waals surface area contributed by atoms with Crippen molar-refractivity contribution in [3.05, 3.63) is 0 Å². The van der Waals surface area contributed by atoms with Crippen LogP contribution in [-0.2, 0) is 0 Å². The van der Waals surface area contributed by atoms with Crippen LogP contribution in [-0.4, -0.2) is 12.3 Å². The van der Waals surface area contributed by atoms with E-state index in [0.29, 0.717) is 0 Å². The van der Waals surface area contributed by atoms with Crippen molar-refractivity contribution in [3.8, 4) is 0 Å². The van der Waals surface area contributed by atoms with Gasteiger partial charge in [-0.1, -0.05) is 27.2 Å². The lowest BCUT2D eigenvalue weighted by Gasteiger charge is -2.25. The van der Waals surface area contributed by atoms with E-state index in [1.165, 1.54) is 18.6 Å². The molecule has 0 aromatic rings. The van der Waals surface area contributed by atoms with Gasteiger partial charge in [0, 0.05) is 12.3 Å². The summed E-state index contributed by atoms with van der Waals surface area (Å²) in [4.78, 5) is 0. The van der Waals surface area contributed by atoms with Crippen molar-refractivity contribution in [3.63, 3.8) is 0 Å². The monoisotopic (exact) mass is 168 g/mol. The van der Waals surface area contributed by atoms with Crippen LogP contribution >= 0.6 is 0 Å². The average Bonchev–Trinajstić information content (AvgIpc) is 2.05. The molecule has 1 heterocycles. The minimum absolute atomic E-state index is 0.778. The van der Waals surface area contributed by atoms with E-state index in [1.54, 1.807) is 0 Å². The average molecular weight is 168 g/mol. The minimum Gasteiger partial charge on any atom is -0.310 e. The lowest BCUT2D eigenvalue weighted by molar-refractivity contribution is 0.360. The van der Waals surface area contributed by atoms with Gasteiger partial charge < -0.3 is 5.43 Å². The number of nitrogens with one attached hydrogen (secondary N) is 1. The molecule has 0 saturated carbocycles. The molecule has 0 aromatic carbocycles. The van der Waals surface area contributed by atoms with Crippen LogP contribution in [0.5, 0.6) is 0 Å². The van der Waals surface area contributed by atoms with Gasteiger partial charge in [0.15, 0.2) is 0 Å². The molecule has 1 N–H and O–H groups in total. The Balaban J connectivity index is 2.42. The molecule has 12 heavy (non-hydrogen) atoms. The van der Waals surface area contributed by atoms with Crippen molar-refractivity contribution in [2.45, 2.75) is 40.0 Å². The Hall–Kier alpha value is -0.530. The minimum atomic E-state index is 0.778. The lowest BCUT2D eigenvalue weighted by Crippen LogP contribution is -2.31. The van der Waals surface area contributed by atoms with Crippen LogP contribution in [0.25, 0.3) is 0 Å². The zero-order valence-electron chi connectivity index (χ0n) is 8.43. The number of nitrogens with zero attached hydrogens (tertiary/aromatic N) is 1. The highest BCUT2D eigenvalue weighted by Crippen LogP contribution is 2.19. The first-order valence-electron chi connectivity index (χ1n) is 5.02. The quantitative estimate of drug-likeness (QED) is 0.687. The number of hydrazone groups is 1. The third-order valence-electron chi connectivity index (χ3n) is 2.57. The van der Waals surface area contributed by atoms with Gasteiger partial charge in [-0.15, -0.1) is 0 Å². The molecule has 0 saturated heterocycles. The zero-order chi connectivity index (χ0) is 8.97. The van der Waals surface area contributed by atoms with E-state index >= 15 is 0 Å². The highest BCUT2D eigenvalue weighted by atomic mass is 15.3. The molecule has 0 radical (unpaired) electrons. The van der Waals surface area contributed by atoms with Gasteiger partial charge in [-0.25, -0.2) is 0 Å². The summed E-state index contributed by atoms with van der Waals surface area (Å²) in [5, 5.41) is 4.32. The van der Waals surface area contributed by atoms with E-state index in [-0.39, 0.29) is 0 Å². The summed E-state index contributed by atoms with van der Waals surface area (Å²) in [6, 6.07) is 0. The predicted molar refractivity (Wildman–Crippen MR) is 53.3 cm³/mol. The van der Waals surface area contributed by atoms with Gasteiger partial charge in [0.2, 0.25) is 0 Å². The fourth-order valence-corrected chi connectivity index (χ4v) is 1.61. The number of hydrogen-bond acceptors (Lipinski definition) is 2. The molecule has 0 bridgehead atoms. The van der Waals surface area contributed by atoms with Crippen molar-refractivity contribution in [2.24, 2.45) is 16.9 Å². The summed E-state index contributed by atoms with van der Waals surface area (Å²) in [6.45, 7) is 7.86. The maximum Gasteiger partial charge on any atom is 0.0381 e. The van der Waals surface area contributed by atoms with Crippen molar-refractivity contribution in [1.82, 2.24) is 5.43 Å². The third-order valence-corrected chi connectivity index (χ3v) is 2.57. The SMILES string of the molecule is CCCC1=NNC[C@H](C(C)C)C1. The second-order valence-corrected chi connectivity index (χ2v) is 4.00. The first-order chi connectivity index (χ1) is 5.74. The molecular weight excluding hydrogens is 148 g/mol. The van der Waals surface area contributed by atoms with Crippen molar-refractivity contribution in [1.29, 1.82) is 0 Å². The number of hydrogen-bond donors (Lipinski definition) is 1. The molecule has 0 fully saturated rings. The highest BCUT2D eigenvalue weighted by molar-refractivity contribution is 5.84. The Bertz CT molecular complexity index is 161. The molecule has 0 unspecified atom stereocenters. The Labute approximate surface area is 75.4 Å². The van der Waals surface area contributed by atoms with E-state index in [9.17, 15) is 0 Å². The van der Waals surface area contributed by atoms with E-state index in [2.05, 4.69) is 31.3 Å². The van der Waals surface area contributed by atoms with E-state index in [1.807, 2.05) is 0 Å². The van der Waals surface area contributed by atoms with Gasteiger partial charge in [0.1, 0.15) is 0 Å². The molecule has 0 amide bonds. The smallest absolute Gasteiger partial charge is 0.0381 e. The molecular formula is C10H20N2. The summed E-state index contributed by atoms with van der Waals surface area (Å²) in [6.07, 6.45) is 3.58. The molecule has 0 aromatic heterocycles. The first kappa shape index (κ1) is 9.56. The second-order valence-electron chi connectivity index (χ2n) is 4.00. The Morgan fingerprint density at radius 3 is 2.92 bits per heavy atom. The van der Waals surface area contributed by atoms with Crippen molar-refractivity contribution in [2.75, 3.05) is 6.54 Å². The van der Waals surface area contributed by atoms with Gasteiger partial charge in [-0.05, 0) is 24.7 Å². The Morgan fingerprint density at radius 1 is 1.58 bits per heavy atom. The van der Waals surface area contributed by atoms with Gasteiger partial charge in [0.05, 0.1) is 0 Å².